The Morgan fingerprint density at radius 2 is 1.70 bits per heavy atom. The highest BCUT2D eigenvalue weighted by atomic mass is 16.2. The number of benzene rings is 2. The summed E-state index contributed by atoms with van der Waals surface area (Å²) in [6.45, 7) is 3.25. The Bertz CT molecular complexity index is 510. The Labute approximate surface area is 121 Å². The molecule has 0 aliphatic carbocycles. The van der Waals surface area contributed by atoms with Crippen LogP contribution in [0.5, 0.6) is 0 Å². The van der Waals surface area contributed by atoms with E-state index in [1.54, 1.807) is 0 Å². The molecule has 2 nitrogen and oxygen atoms in total. The number of hydrogen-bond donors (Lipinski definition) is 2. The molecule has 0 aliphatic rings. The zero-order chi connectivity index (χ0) is 14.2. The summed E-state index contributed by atoms with van der Waals surface area (Å²) in [7, 11) is 0. The van der Waals surface area contributed by atoms with Gasteiger partial charge >= 0.3 is 0 Å². The van der Waals surface area contributed by atoms with Gasteiger partial charge in [0.15, 0.2) is 0 Å². The van der Waals surface area contributed by atoms with Gasteiger partial charge < -0.3 is 10.4 Å². The fourth-order valence-corrected chi connectivity index (χ4v) is 2.41. The van der Waals surface area contributed by atoms with Crippen LogP contribution < -0.4 is 5.32 Å². The highest BCUT2D eigenvalue weighted by Crippen LogP contribution is 2.19. The van der Waals surface area contributed by atoms with Crippen molar-refractivity contribution in [2.24, 2.45) is 0 Å². The van der Waals surface area contributed by atoms with Crippen molar-refractivity contribution in [2.45, 2.75) is 32.4 Å². The Morgan fingerprint density at radius 3 is 2.40 bits per heavy atom. The van der Waals surface area contributed by atoms with E-state index >= 15 is 0 Å². The average Bonchev–Trinajstić information content (AvgIpc) is 2.50. The molecule has 0 spiro atoms. The third-order valence-corrected chi connectivity index (χ3v) is 3.65. The average molecular weight is 269 g/mol. The van der Waals surface area contributed by atoms with Crippen molar-refractivity contribution in [3.05, 3.63) is 71.3 Å². The predicted molar refractivity (Wildman–Crippen MR) is 83.5 cm³/mol. The second-order valence-corrected chi connectivity index (χ2v) is 5.14. The molecule has 0 aliphatic heterocycles. The molecule has 2 heteroatoms. The largest absolute Gasteiger partial charge is 0.396 e. The van der Waals surface area contributed by atoms with Crippen molar-refractivity contribution in [2.75, 3.05) is 6.61 Å². The molecule has 0 heterocycles. The van der Waals surface area contributed by atoms with Crippen LogP contribution in [0.25, 0.3) is 0 Å². The first-order valence-corrected chi connectivity index (χ1v) is 7.25. The first-order chi connectivity index (χ1) is 9.81. The van der Waals surface area contributed by atoms with Gasteiger partial charge in [0.05, 0.1) is 0 Å². The third-order valence-electron chi connectivity index (χ3n) is 3.65. The van der Waals surface area contributed by atoms with Gasteiger partial charge in [0.2, 0.25) is 0 Å². The monoisotopic (exact) mass is 269 g/mol. The lowest BCUT2D eigenvalue weighted by atomic mass is 10.0. The number of hydrogen-bond acceptors (Lipinski definition) is 2. The SMILES string of the molecule is Cc1ccccc1CNC(CCCO)c1ccccc1. The second-order valence-electron chi connectivity index (χ2n) is 5.14. The van der Waals surface area contributed by atoms with Gasteiger partial charge in [0.25, 0.3) is 0 Å². The van der Waals surface area contributed by atoms with Crippen molar-refractivity contribution in [1.29, 1.82) is 0 Å². The van der Waals surface area contributed by atoms with Crippen LogP contribution >= 0.6 is 0 Å². The zero-order valence-corrected chi connectivity index (χ0v) is 12.0. The summed E-state index contributed by atoms with van der Waals surface area (Å²) in [6.07, 6.45) is 1.77. The molecular weight excluding hydrogens is 246 g/mol. The van der Waals surface area contributed by atoms with E-state index in [4.69, 9.17) is 5.11 Å². The minimum absolute atomic E-state index is 0.245. The maximum atomic E-state index is 9.06. The van der Waals surface area contributed by atoms with Gasteiger partial charge in [-0.25, -0.2) is 0 Å². The van der Waals surface area contributed by atoms with Gasteiger partial charge in [-0.1, -0.05) is 54.6 Å². The van der Waals surface area contributed by atoms with Crippen LogP contribution in [0.4, 0.5) is 0 Å². The molecule has 1 atom stereocenters. The van der Waals surface area contributed by atoms with Gasteiger partial charge in [-0.3, -0.25) is 0 Å². The molecule has 2 rings (SSSR count). The van der Waals surface area contributed by atoms with Crippen molar-refractivity contribution in [1.82, 2.24) is 5.32 Å². The van der Waals surface area contributed by atoms with Gasteiger partial charge in [0, 0.05) is 19.2 Å². The van der Waals surface area contributed by atoms with Crippen LogP contribution in [0, 0.1) is 6.92 Å². The first kappa shape index (κ1) is 14.8. The smallest absolute Gasteiger partial charge is 0.0431 e. The number of aliphatic hydroxyl groups excluding tert-OH is 1. The Balaban J connectivity index is 2.03. The molecule has 2 aromatic carbocycles. The highest BCUT2D eigenvalue weighted by Gasteiger charge is 2.10. The molecule has 0 saturated heterocycles. The number of aryl methyl sites for hydroxylation is 1. The van der Waals surface area contributed by atoms with Crippen molar-refractivity contribution in [3.8, 4) is 0 Å². The van der Waals surface area contributed by atoms with E-state index in [9.17, 15) is 0 Å². The molecule has 0 saturated carbocycles. The van der Waals surface area contributed by atoms with Crippen LogP contribution in [-0.4, -0.2) is 11.7 Å². The predicted octanol–water partition coefficient (Wildman–Crippen LogP) is 3.60. The molecule has 0 fully saturated rings. The zero-order valence-electron chi connectivity index (χ0n) is 12.0. The van der Waals surface area contributed by atoms with Crippen LogP contribution in [0.15, 0.2) is 54.6 Å². The fraction of sp³-hybridized carbons (Fsp3) is 0.333. The van der Waals surface area contributed by atoms with Crippen molar-refractivity contribution >= 4 is 0 Å². The number of aliphatic hydroxyl groups is 1. The highest BCUT2D eigenvalue weighted by molar-refractivity contribution is 5.26. The Kier molecular flexibility index (Phi) is 5.78. The fourth-order valence-electron chi connectivity index (χ4n) is 2.41. The van der Waals surface area contributed by atoms with E-state index < -0.39 is 0 Å². The quantitative estimate of drug-likeness (QED) is 0.805. The minimum atomic E-state index is 0.245. The lowest BCUT2D eigenvalue weighted by molar-refractivity contribution is 0.275. The van der Waals surface area contributed by atoms with Crippen LogP contribution in [0.3, 0.4) is 0 Å². The molecule has 2 aromatic rings. The lowest BCUT2D eigenvalue weighted by Gasteiger charge is -2.19. The molecule has 20 heavy (non-hydrogen) atoms. The Morgan fingerprint density at radius 1 is 1.00 bits per heavy atom. The van der Waals surface area contributed by atoms with E-state index in [1.807, 2.05) is 6.07 Å². The van der Waals surface area contributed by atoms with Gasteiger partial charge in [-0.2, -0.15) is 0 Å². The molecule has 0 radical (unpaired) electrons. The lowest BCUT2D eigenvalue weighted by Crippen LogP contribution is -2.21. The summed E-state index contributed by atoms with van der Waals surface area (Å²) >= 11 is 0. The minimum Gasteiger partial charge on any atom is -0.396 e. The Hall–Kier alpha value is -1.64. The molecule has 106 valence electrons. The molecule has 0 bridgehead atoms. The van der Waals surface area contributed by atoms with E-state index in [0.29, 0.717) is 6.04 Å². The van der Waals surface area contributed by atoms with Crippen LogP contribution in [0.1, 0.15) is 35.6 Å². The summed E-state index contributed by atoms with van der Waals surface area (Å²) in [4.78, 5) is 0. The number of rotatable bonds is 7. The van der Waals surface area contributed by atoms with Crippen LogP contribution in [-0.2, 0) is 6.54 Å². The summed E-state index contributed by atoms with van der Waals surface area (Å²) in [5, 5.41) is 12.7. The maximum absolute atomic E-state index is 9.06. The topological polar surface area (TPSA) is 32.3 Å². The maximum Gasteiger partial charge on any atom is 0.0431 e. The second kappa shape index (κ2) is 7.83. The van der Waals surface area contributed by atoms with E-state index in [0.717, 1.165) is 19.4 Å². The van der Waals surface area contributed by atoms with E-state index in [1.165, 1.54) is 16.7 Å². The van der Waals surface area contributed by atoms with Gasteiger partial charge in [0.1, 0.15) is 0 Å². The molecule has 0 aromatic heterocycles. The normalized spacial score (nSPS) is 12.3. The van der Waals surface area contributed by atoms with Crippen molar-refractivity contribution in [3.63, 3.8) is 0 Å². The molecule has 0 amide bonds. The standard InChI is InChI=1S/C18H23NO/c1-15-8-5-6-11-17(15)14-19-18(12-7-13-20)16-9-3-2-4-10-16/h2-6,8-11,18-20H,7,12-14H2,1H3. The first-order valence-electron chi connectivity index (χ1n) is 7.25. The summed E-state index contributed by atoms with van der Waals surface area (Å²) in [5.74, 6) is 0. The van der Waals surface area contributed by atoms with E-state index in [-0.39, 0.29) is 6.61 Å². The summed E-state index contributed by atoms with van der Waals surface area (Å²) in [6, 6.07) is 19.2. The molecule has 2 N–H and O–H groups in total. The number of nitrogens with one attached hydrogen (secondary N) is 1. The van der Waals surface area contributed by atoms with E-state index in [2.05, 4.69) is 60.8 Å². The summed E-state index contributed by atoms with van der Waals surface area (Å²) in [5.41, 5.74) is 3.93. The molecular formula is C18H23NO. The third kappa shape index (κ3) is 4.19. The molecule has 1 unspecified atom stereocenters. The van der Waals surface area contributed by atoms with Crippen molar-refractivity contribution < 1.29 is 5.11 Å². The summed E-state index contributed by atoms with van der Waals surface area (Å²) < 4.78 is 0. The van der Waals surface area contributed by atoms with Crippen LogP contribution in [0.2, 0.25) is 0 Å². The van der Waals surface area contributed by atoms with Gasteiger partial charge in [-0.15, -0.1) is 0 Å². The van der Waals surface area contributed by atoms with Gasteiger partial charge in [-0.05, 0) is 36.5 Å².